The Kier molecular flexibility index (Phi) is 10.0. The molecule has 0 aliphatic carbocycles. The highest BCUT2D eigenvalue weighted by Crippen LogP contribution is 2.22. The number of aliphatic hydroxyl groups is 2. The van der Waals surface area contributed by atoms with Gasteiger partial charge in [0.15, 0.2) is 23.3 Å². The molecule has 1 unspecified atom stereocenters. The van der Waals surface area contributed by atoms with E-state index in [0.29, 0.717) is 18.9 Å². The minimum atomic E-state index is -2.08. The molecule has 0 bridgehead atoms. The van der Waals surface area contributed by atoms with Crippen molar-refractivity contribution in [2.75, 3.05) is 0 Å². The third kappa shape index (κ3) is 7.71. The van der Waals surface area contributed by atoms with E-state index in [4.69, 9.17) is 14.9 Å². The molecule has 0 aromatic heterocycles. The molecule has 0 saturated heterocycles. The summed E-state index contributed by atoms with van der Waals surface area (Å²) in [6.07, 6.45) is 6.44. The molecular formula is C18H26F4O3. The minimum Gasteiger partial charge on any atom is -0.346 e. The van der Waals surface area contributed by atoms with Crippen LogP contribution in [0.15, 0.2) is 6.07 Å². The topological polar surface area (TPSA) is 49.7 Å². The van der Waals surface area contributed by atoms with Gasteiger partial charge in [0.05, 0.1) is 6.10 Å². The van der Waals surface area contributed by atoms with Gasteiger partial charge >= 0.3 is 0 Å². The van der Waals surface area contributed by atoms with E-state index >= 15 is 0 Å². The fourth-order valence-electron chi connectivity index (χ4n) is 2.74. The zero-order chi connectivity index (χ0) is 18.8. The number of unbranched alkanes of at least 4 members (excludes halogenated alkanes) is 6. The van der Waals surface area contributed by atoms with E-state index < -0.39 is 41.4 Å². The molecule has 2 N–H and O–H groups in total. The van der Waals surface area contributed by atoms with Crippen molar-refractivity contribution in [1.29, 1.82) is 0 Å². The first-order valence-corrected chi connectivity index (χ1v) is 8.70. The van der Waals surface area contributed by atoms with Crippen LogP contribution < -0.4 is 0 Å². The van der Waals surface area contributed by atoms with Crippen LogP contribution >= 0.6 is 0 Å². The molecular weight excluding hydrogens is 340 g/mol. The van der Waals surface area contributed by atoms with Gasteiger partial charge in [-0.2, -0.15) is 0 Å². The lowest BCUT2D eigenvalue weighted by Crippen LogP contribution is -2.24. The van der Waals surface area contributed by atoms with Gasteiger partial charge in [-0.3, -0.25) is 0 Å². The molecule has 1 aromatic rings. The second-order valence-corrected chi connectivity index (χ2v) is 6.16. The van der Waals surface area contributed by atoms with Crippen LogP contribution in [0.5, 0.6) is 0 Å². The van der Waals surface area contributed by atoms with Gasteiger partial charge in [0.25, 0.3) is 6.48 Å². The zero-order valence-corrected chi connectivity index (χ0v) is 14.4. The van der Waals surface area contributed by atoms with E-state index in [1.807, 2.05) is 0 Å². The Hall–Kier alpha value is -1.18. The van der Waals surface area contributed by atoms with Crippen molar-refractivity contribution in [2.45, 2.75) is 77.3 Å². The van der Waals surface area contributed by atoms with Crippen LogP contribution in [0.4, 0.5) is 17.6 Å². The Bertz CT molecular complexity index is 524. The van der Waals surface area contributed by atoms with Crippen LogP contribution in [-0.2, 0) is 11.2 Å². The summed E-state index contributed by atoms with van der Waals surface area (Å²) in [6.45, 7) is 0.0512. The van der Waals surface area contributed by atoms with Gasteiger partial charge in [-0.25, -0.2) is 17.6 Å². The van der Waals surface area contributed by atoms with E-state index in [0.717, 1.165) is 32.1 Å². The quantitative estimate of drug-likeness (QED) is 0.187. The number of hydrogen-bond acceptors (Lipinski definition) is 3. The maximum absolute atomic E-state index is 13.7. The summed E-state index contributed by atoms with van der Waals surface area (Å²) in [5, 5.41) is 17.9. The average molecular weight is 366 g/mol. The SMILES string of the molecule is CCCCCCCCCC(Cc1cc(F)c(F)c(F)c1F)OC(O)O. The lowest BCUT2D eigenvalue weighted by Gasteiger charge is -2.19. The van der Waals surface area contributed by atoms with Gasteiger partial charge in [-0.05, 0) is 18.1 Å². The largest absolute Gasteiger partial charge is 0.346 e. The predicted octanol–water partition coefficient (Wildman–Crippen LogP) is 4.58. The lowest BCUT2D eigenvalue weighted by atomic mass is 10.0. The van der Waals surface area contributed by atoms with Crippen molar-refractivity contribution >= 4 is 0 Å². The molecule has 1 aromatic carbocycles. The van der Waals surface area contributed by atoms with Crippen molar-refractivity contribution in [2.24, 2.45) is 0 Å². The number of hydrogen-bond donors (Lipinski definition) is 2. The summed E-state index contributed by atoms with van der Waals surface area (Å²) >= 11 is 0. The standard InChI is InChI=1S/C18H26F4O3/c1-2-3-4-5-6-7-8-9-13(25-18(23)24)10-12-11-14(19)16(21)17(22)15(12)20/h11,13,18,23-24H,2-10H2,1H3. The summed E-state index contributed by atoms with van der Waals surface area (Å²) < 4.78 is 58.2. The van der Waals surface area contributed by atoms with E-state index in [9.17, 15) is 17.6 Å². The van der Waals surface area contributed by atoms with Crippen LogP contribution in [0.3, 0.4) is 0 Å². The van der Waals surface area contributed by atoms with Crippen LogP contribution in [0, 0.1) is 23.3 Å². The summed E-state index contributed by atoms with van der Waals surface area (Å²) in [4.78, 5) is 0. The molecule has 7 heteroatoms. The Labute approximate surface area is 145 Å². The fraction of sp³-hybridized carbons (Fsp3) is 0.667. The van der Waals surface area contributed by atoms with Crippen LogP contribution in [0.2, 0.25) is 0 Å². The van der Waals surface area contributed by atoms with E-state index in [1.54, 1.807) is 0 Å². The first-order chi connectivity index (χ1) is 11.9. The average Bonchev–Trinajstić information content (AvgIpc) is 2.56. The summed E-state index contributed by atoms with van der Waals surface area (Å²) in [5.41, 5.74) is -0.398. The van der Waals surface area contributed by atoms with Crippen molar-refractivity contribution < 1.29 is 32.5 Å². The van der Waals surface area contributed by atoms with E-state index in [-0.39, 0.29) is 6.42 Å². The number of rotatable bonds is 12. The first kappa shape index (κ1) is 21.9. The number of ether oxygens (including phenoxy) is 1. The second-order valence-electron chi connectivity index (χ2n) is 6.16. The molecule has 0 fully saturated rings. The molecule has 1 atom stereocenters. The molecule has 0 amide bonds. The van der Waals surface area contributed by atoms with Crippen LogP contribution in [0.25, 0.3) is 0 Å². The smallest absolute Gasteiger partial charge is 0.266 e. The molecule has 3 nitrogen and oxygen atoms in total. The Morgan fingerprint density at radius 1 is 0.880 bits per heavy atom. The van der Waals surface area contributed by atoms with Crippen LogP contribution in [0.1, 0.15) is 63.9 Å². The molecule has 144 valence electrons. The Morgan fingerprint density at radius 2 is 1.48 bits per heavy atom. The minimum absolute atomic E-state index is 0.284. The molecule has 0 saturated carbocycles. The van der Waals surface area contributed by atoms with Crippen molar-refractivity contribution in [3.63, 3.8) is 0 Å². The normalized spacial score (nSPS) is 12.8. The molecule has 1 rings (SSSR count). The number of aliphatic hydroxyl groups excluding tert-OH is 1. The molecule has 0 spiro atoms. The van der Waals surface area contributed by atoms with Crippen molar-refractivity contribution in [3.05, 3.63) is 34.9 Å². The maximum Gasteiger partial charge on any atom is 0.266 e. The number of halogens is 4. The van der Waals surface area contributed by atoms with Gasteiger partial charge in [0.2, 0.25) is 0 Å². The highest BCUT2D eigenvalue weighted by atomic mass is 19.2. The van der Waals surface area contributed by atoms with Crippen LogP contribution in [-0.4, -0.2) is 22.8 Å². The Morgan fingerprint density at radius 3 is 2.08 bits per heavy atom. The molecule has 0 radical (unpaired) electrons. The van der Waals surface area contributed by atoms with E-state index in [2.05, 4.69) is 6.92 Å². The second kappa shape index (κ2) is 11.4. The van der Waals surface area contributed by atoms with Gasteiger partial charge < -0.3 is 14.9 Å². The predicted molar refractivity (Wildman–Crippen MR) is 85.7 cm³/mol. The zero-order valence-electron chi connectivity index (χ0n) is 14.4. The highest BCUT2D eigenvalue weighted by Gasteiger charge is 2.22. The first-order valence-electron chi connectivity index (χ1n) is 8.70. The van der Waals surface area contributed by atoms with Crippen molar-refractivity contribution in [3.8, 4) is 0 Å². The summed E-state index contributed by atoms with van der Waals surface area (Å²) in [5.74, 6) is -6.73. The molecule has 0 heterocycles. The highest BCUT2D eigenvalue weighted by molar-refractivity contribution is 5.22. The third-order valence-electron chi connectivity index (χ3n) is 4.07. The fourth-order valence-corrected chi connectivity index (χ4v) is 2.74. The van der Waals surface area contributed by atoms with Gasteiger partial charge in [0.1, 0.15) is 0 Å². The Balaban J connectivity index is 2.59. The number of benzene rings is 1. The molecule has 0 aliphatic rings. The van der Waals surface area contributed by atoms with Gasteiger partial charge in [0, 0.05) is 6.42 Å². The molecule has 25 heavy (non-hydrogen) atoms. The summed E-state index contributed by atoms with van der Waals surface area (Å²) in [7, 11) is 0. The summed E-state index contributed by atoms with van der Waals surface area (Å²) in [6, 6.07) is 0.568. The van der Waals surface area contributed by atoms with Crippen molar-refractivity contribution in [1.82, 2.24) is 0 Å². The van der Waals surface area contributed by atoms with Gasteiger partial charge in [-0.1, -0.05) is 51.9 Å². The lowest BCUT2D eigenvalue weighted by molar-refractivity contribution is -0.256. The maximum atomic E-state index is 13.7. The monoisotopic (exact) mass is 366 g/mol. The third-order valence-corrected chi connectivity index (χ3v) is 4.07. The van der Waals surface area contributed by atoms with Gasteiger partial charge in [-0.15, -0.1) is 0 Å². The van der Waals surface area contributed by atoms with E-state index in [1.165, 1.54) is 6.42 Å². The molecule has 0 aliphatic heterocycles.